The third-order valence-corrected chi connectivity index (χ3v) is 4.36. The molecule has 2 aromatic rings. The van der Waals surface area contributed by atoms with Gasteiger partial charge in [0.1, 0.15) is 11.6 Å². The van der Waals surface area contributed by atoms with E-state index >= 15 is 0 Å². The molecule has 0 saturated carbocycles. The highest BCUT2D eigenvalue weighted by Gasteiger charge is 2.12. The van der Waals surface area contributed by atoms with Crippen molar-refractivity contribution in [3.63, 3.8) is 0 Å². The minimum Gasteiger partial charge on any atom is -0.484 e. The van der Waals surface area contributed by atoms with Gasteiger partial charge in [-0.3, -0.25) is 4.79 Å². The van der Waals surface area contributed by atoms with Crippen LogP contribution in [0.2, 0.25) is 5.02 Å². The van der Waals surface area contributed by atoms with Crippen molar-refractivity contribution in [1.29, 1.82) is 0 Å². The molecule has 2 heterocycles. The zero-order valence-electron chi connectivity index (χ0n) is 14.7. The average molecular weight is 376 g/mol. The number of amides is 1. The second-order valence-corrected chi connectivity index (χ2v) is 6.54. The van der Waals surface area contributed by atoms with E-state index in [4.69, 9.17) is 21.1 Å². The molecule has 0 bridgehead atoms. The summed E-state index contributed by atoms with van der Waals surface area (Å²) < 4.78 is 10.9. The number of hydrogen-bond acceptors (Lipinski definition) is 5. The number of pyridine rings is 1. The van der Waals surface area contributed by atoms with Crippen LogP contribution in [-0.2, 0) is 16.1 Å². The van der Waals surface area contributed by atoms with Gasteiger partial charge in [0.2, 0.25) is 0 Å². The van der Waals surface area contributed by atoms with Gasteiger partial charge in [0.15, 0.2) is 6.61 Å². The number of ether oxygens (including phenoxy) is 2. The number of carbonyl (C=O) groups excluding carboxylic acids is 1. The molecule has 1 aromatic heterocycles. The fraction of sp³-hybridized carbons (Fsp3) is 0.368. The molecule has 1 amide bonds. The van der Waals surface area contributed by atoms with E-state index in [-0.39, 0.29) is 12.5 Å². The predicted molar refractivity (Wildman–Crippen MR) is 101 cm³/mol. The third kappa shape index (κ3) is 5.09. The average Bonchev–Trinajstić information content (AvgIpc) is 2.67. The fourth-order valence-electron chi connectivity index (χ4n) is 2.67. The van der Waals surface area contributed by atoms with Gasteiger partial charge in [0.05, 0.1) is 13.2 Å². The largest absolute Gasteiger partial charge is 0.484 e. The lowest BCUT2D eigenvalue weighted by molar-refractivity contribution is -0.123. The lowest BCUT2D eigenvalue weighted by Gasteiger charge is -2.27. The second-order valence-electron chi connectivity index (χ2n) is 6.10. The minimum absolute atomic E-state index is 0.0399. The second kappa shape index (κ2) is 8.87. The Balaban J connectivity index is 1.45. The van der Waals surface area contributed by atoms with Crippen LogP contribution in [0.25, 0.3) is 0 Å². The number of benzene rings is 1. The Kier molecular flexibility index (Phi) is 6.30. The van der Waals surface area contributed by atoms with E-state index in [9.17, 15) is 4.79 Å². The van der Waals surface area contributed by atoms with Gasteiger partial charge in [-0.15, -0.1) is 0 Å². The van der Waals surface area contributed by atoms with Crippen molar-refractivity contribution in [1.82, 2.24) is 10.3 Å². The van der Waals surface area contributed by atoms with Gasteiger partial charge < -0.3 is 19.7 Å². The molecule has 3 rings (SSSR count). The van der Waals surface area contributed by atoms with E-state index < -0.39 is 0 Å². The SMILES string of the molecule is Cc1cc(Cl)ccc1OCC(=O)NCc1ccc(N2CCOCC2)nc1. The fourth-order valence-corrected chi connectivity index (χ4v) is 2.90. The molecule has 1 saturated heterocycles. The number of aryl methyl sites for hydroxylation is 1. The van der Waals surface area contributed by atoms with Crippen molar-refractivity contribution < 1.29 is 14.3 Å². The topological polar surface area (TPSA) is 63.7 Å². The van der Waals surface area contributed by atoms with Crippen LogP contribution in [0.5, 0.6) is 5.75 Å². The molecule has 0 spiro atoms. The molecular weight excluding hydrogens is 354 g/mol. The molecule has 1 aliphatic rings. The maximum atomic E-state index is 12.0. The van der Waals surface area contributed by atoms with E-state index in [0.717, 1.165) is 43.2 Å². The lowest BCUT2D eigenvalue weighted by atomic mass is 10.2. The number of nitrogens with zero attached hydrogens (tertiary/aromatic N) is 2. The van der Waals surface area contributed by atoms with E-state index in [0.29, 0.717) is 17.3 Å². The molecule has 0 radical (unpaired) electrons. The van der Waals surface area contributed by atoms with E-state index in [1.807, 2.05) is 19.1 Å². The summed E-state index contributed by atoms with van der Waals surface area (Å²) in [5.74, 6) is 1.41. The van der Waals surface area contributed by atoms with Crippen LogP contribution >= 0.6 is 11.6 Å². The van der Waals surface area contributed by atoms with Gasteiger partial charge in [-0.25, -0.2) is 4.98 Å². The Morgan fingerprint density at radius 1 is 1.31 bits per heavy atom. The van der Waals surface area contributed by atoms with Crippen molar-refractivity contribution >= 4 is 23.3 Å². The number of carbonyl (C=O) groups is 1. The number of rotatable bonds is 6. The highest BCUT2D eigenvalue weighted by Crippen LogP contribution is 2.21. The Bertz CT molecular complexity index is 746. The number of halogens is 1. The van der Waals surface area contributed by atoms with Crippen molar-refractivity contribution in [3.8, 4) is 5.75 Å². The smallest absolute Gasteiger partial charge is 0.258 e. The number of nitrogens with one attached hydrogen (secondary N) is 1. The molecule has 1 N–H and O–H groups in total. The molecule has 0 atom stereocenters. The molecule has 0 aliphatic carbocycles. The minimum atomic E-state index is -0.184. The molecule has 26 heavy (non-hydrogen) atoms. The summed E-state index contributed by atoms with van der Waals surface area (Å²) in [6, 6.07) is 9.25. The summed E-state index contributed by atoms with van der Waals surface area (Å²) in [5.41, 5.74) is 1.84. The van der Waals surface area contributed by atoms with E-state index in [1.165, 1.54) is 0 Å². The molecular formula is C19H22ClN3O3. The zero-order chi connectivity index (χ0) is 18.4. The van der Waals surface area contributed by atoms with Crippen LogP contribution in [0.4, 0.5) is 5.82 Å². The van der Waals surface area contributed by atoms with E-state index in [1.54, 1.807) is 24.4 Å². The summed E-state index contributed by atoms with van der Waals surface area (Å²) in [5, 5.41) is 3.48. The first-order valence-electron chi connectivity index (χ1n) is 8.55. The Labute approximate surface area is 158 Å². The summed E-state index contributed by atoms with van der Waals surface area (Å²) >= 11 is 5.91. The van der Waals surface area contributed by atoms with Crippen molar-refractivity contribution in [2.75, 3.05) is 37.8 Å². The zero-order valence-corrected chi connectivity index (χ0v) is 15.5. The first-order chi connectivity index (χ1) is 12.6. The summed E-state index contributed by atoms with van der Waals surface area (Å²) in [4.78, 5) is 18.6. The monoisotopic (exact) mass is 375 g/mol. The first kappa shape index (κ1) is 18.5. The molecule has 1 aliphatic heterocycles. The van der Waals surface area contributed by atoms with Crippen LogP contribution in [0.3, 0.4) is 0 Å². The highest BCUT2D eigenvalue weighted by atomic mass is 35.5. The summed E-state index contributed by atoms with van der Waals surface area (Å²) in [7, 11) is 0. The molecule has 1 aromatic carbocycles. The third-order valence-electron chi connectivity index (χ3n) is 4.13. The Hall–Kier alpha value is -2.31. The van der Waals surface area contributed by atoms with Gasteiger partial charge in [0, 0.05) is 30.9 Å². The Morgan fingerprint density at radius 2 is 2.12 bits per heavy atom. The van der Waals surface area contributed by atoms with Crippen LogP contribution in [0.15, 0.2) is 36.5 Å². The Morgan fingerprint density at radius 3 is 2.81 bits per heavy atom. The molecule has 7 heteroatoms. The quantitative estimate of drug-likeness (QED) is 0.840. The summed E-state index contributed by atoms with van der Waals surface area (Å²) in [6.45, 7) is 5.43. The molecule has 6 nitrogen and oxygen atoms in total. The standard InChI is InChI=1S/C19H22ClN3O3/c1-14-10-16(20)3-4-17(14)26-13-19(24)22-12-15-2-5-18(21-11-15)23-6-8-25-9-7-23/h2-5,10-11H,6-9,12-13H2,1H3,(H,22,24). The van der Waals surface area contributed by atoms with Gasteiger partial charge >= 0.3 is 0 Å². The summed E-state index contributed by atoms with van der Waals surface area (Å²) in [6.07, 6.45) is 1.79. The normalized spacial score (nSPS) is 14.2. The maximum Gasteiger partial charge on any atom is 0.258 e. The van der Waals surface area contributed by atoms with Gasteiger partial charge in [-0.05, 0) is 42.3 Å². The first-order valence-corrected chi connectivity index (χ1v) is 8.93. The van der Waals surface area contributed by atoms with Crippen molar-refractivity contribution in [2.45, 2.75) is 13.5 Å². The van der Waals surface area contributed by atoms with Gasteiger partial charge in [-0.1, -0.05) is 17.7 Å². The number of hydrogen-bond donors (Lipinski definition) is 1. The number of morpholine rings is 1. The van der Waals surface area contributed by atoms with Gasteiger partial charge in [-0.2, -0.15) is 0 Å². The van der Waals surface area contributed by atoms with Crippen LogP contribution in [0.1, 0.15) is 11.1 Å². The van der Waals surface area contributed by atoms with Crippen LogP contribution < -0.4 is 15.0 Å². The molecule has 1 fully saturated rings. The predicted octanol–water partition coefficient (Wildman–Crippen LogP) is 2.58. The highest BCUT2D eigenvalue weighted by molar-refractivity contribution is 6.30. The lowest BCUT2D eigenvalue weighted by Crippen LogP contribution is -2.36. The number of anilines is 1. The number of aromatic nitrogens is 1. The molecule has 138 valence electrons. The van der Waals surface area contributed by atoms with Crippen molar-refractivity contribution in [3.05, 3.63) is 52.7 Å². The van der Waals surface area contributed by atoms with Crippen LogP contribution in [-0.4, -0.2) is 43.8 Å². The van der Waals surface area contributed by atoms with Crippen LogP contribution in [0, 0.1) is 6.92 Å². The molecule has 0 unspecified atom stereocenters. The maximum absolute atomic E-state index is 12.0. The van der Waals surface area contributed by atoms with Gasteiger partial charge in [0.25, 0.3) is 5.91 Å². The van der Waals surface area contributed by atoms with E-state index in [2.05, 4.69) is 15.2 Å². The van der Waals surface area contributed by atoms with Crippen molar-refractivity contribution in [2.24, 2.45) is 0 Å².